The standard InChI is InChI=1S/C8H17B2O3/c1-6-11-9-10-12-7(2,3)8(4,5)13-10/h6H2,1-5H3. The van der Waals surface area contributed by atoms with Crippen molar-refractivity contribution < 1.29 is 14.0 Å². The van der Waals surface area contributed by atoms with Crippen LogP contribution in [0.15, 0.2) is 0 Å². The molecule has 0 aliphatic carbocycles. The van der Waals surface area contributed by atoms with E-state index in [-0.39, 0.29) is 18.2 Å². The van der Waals surface area contributed by atoms with Crippen molar-refractivity contribution in [2.45, 2.75) is 45.8 Å². The Labute approximate surface area is 81.5 Å². The highest BCUT2D eigenvalue weighted by Gasteiger charge is 2.51. The van der Waals surface area contributed by atoms with E-state index >= 15 is 0 Å². The van der Waals surface area contributed by atoms with E-state index in [1.54, 1.807) is 7.37 Å². The Kier molecular flexibility index (Phi) is 3.10. The Morgan fingerprint density at radius 1 is 1.15 bits per heavy atom. The zero-order chi connectivity index (χ0) is 10.1. The first-order valence-corrected chi connectivity index (χ1v) is 4.69. The molecular weight excluding hydrogens is 166 g/mol. The zero-order valence-corrected chi connectivity index (χ0v) is 9.09. The van der Waals surface area contributed by atoms with E-state index in [1.807, 2.05) is 34.6 Å². The van der Waals surface area contributed by atoms with Crippen molar-refractivity contribution in [3.8, 4) is 0 Å². The lowest BCUT2D eigenvalue weighted by Crippen LogP contribution is -2.41. The first kappa shape index (κ1) is 11.1. The van der Waals surface area contributed by atoms with Gasteiger partial charge < -0.3 is 14.0 Å². The minimum absolute atomic E-state index is 0.273. The van der Waals surface area contributed by atoms with Crippen molar-refractivity contribution in [2.75, 3.05) is 6.61 Å². The molecule has 0 unspecified atom stereocenters. The van der Waals surface area contributed by atoms with Crippen molar-refractivity contribution in [2.24, 2.45) is 0 Å². The zero-order valence-electron chi connectivity index (χ0n) is 9.09. The number of hydrogen-bond acceptors (Lipinski definition) is 3. The summed E-state index contributed by atoms with van der Waals surface area (Å²) in [6.07, 6.45) is 0. The molecule has 0 spiro atoms. The molecule has 0 aromatic carbocycles. The first-order chi connectivity index (χ1) is 5.89. The highest BCUT2D eigenvalue weighted by atomic mass is 16.7. The van der Waals surface area contributed by atoms with Crippen molar-refractivity contribution in [1.29, 1.82) is 0 Å². The molecule has 0 saturated carbocycles. The minimum atomic E-state index is -0.343. The maximum Gasteiger partial charge on any atom is 0.439 e. The van der Waals surface area contributed by atoms with Gasteiger partial charge in [0.15, 0.2) is 0 Å². The van der Waals surface area contributed by atoms with Crippen LogP contribution >= 0.6 is 0 Å². The van der Waals surface area contributed by atoms with Crippen LogP contribution in [0, 0.1) is 0 Å². The Morgan fingerprint density at radius 3 is 2.00 bits per heavy atom. The highest BCUT2D eigenvalue weighted by molar-refractivity contribution is 7.03. The molecule has 1 rings (SSSR count). The largest absolute Gasteiger partial charge is 0.443 e. The Hall–Kier alpha value is 0.00987. The third-order valence-electron chi connectivity index (χ3n) is 2.65. The lowest BCUT2D eigenvalue weighted by Gasteiger charge is -2.32. The summed E-state index contributed by atoms with van der Waals surface area (Å²) in [6, 6.07) is 0. The van der Waals surface area contributed by atoms with Crippen LogP contribution in [0.1, 0.15) is 34.6 Å². The lowest BCUT2D eigenvalue weighted by atomic mass is 9.56. The van der Waals surface area contributed by atoms with E-state index in [2.05, 4.69) is 0 Å². The van der Waals surface area contributed by atoms with Gasteiger partial charge in [0.1, 0.15) is 0 Å². The predicted octanol–water partition coefficient (Wildman–Crippen LogP) is 1.23. The van der Waals surface area contributed by atoms with Gasteiger partial charge >= 0.3 is 14.4 Å². The van der Waals surface area contributed by atoms with Gasteiger partial charge in [-0.05, 0) is 34.6 Å². The van der Waals surface area contributed by atoms with Crippen molar-refractivity contribution >= 4 is 14.4 Å². The molecule has 1 radical (unpaired) electrons. The molecule has 1 heterocycles. The fraction of sp³-hybridized carbons (Fsp3) is 1.00. The molecule has 5 heteroatoms. The average molecular weight is 183 g/mol. The SMILES string of the molecule is CCO[B]B1OC(C)(C)C(C)(C)O1. The van der Waals surface area contributed by atoms with Gasteiger partial charge in [0.25, 0.3) is 0 Å². The normalized spacial score (nSPS) is 24.8. The molecule has 73 valence electrons. The predicted molar refractivity (Wildman–Crippen MR) is 53.5 cm³/mol. The van der Waals surface area contributed by atoms with Gasteiger partial charge in [0.05, 0.1) is 11.2 Å². The summed E-state index contributed by atoms with van der Waals surface area (Å²) in [5.41, 5.74) is -0.545. The summed E-state index contributed by atoms with van der Waals surface area (Å²) in [7, 11) is 1.26. The Bertz CT molecular complexity index is 166. The number of rotatable bonds is 3. The van der Waals surface area contributed by atoms with Gasteiger partial charge in [-0.25, -0.2) is 0 Å². The molecule has 0 bridgehead atoms. The summed E-state index contributed by atoms with van der Waals surface area (Å²) in [5, 5.41) is 0. The van der Waals surface area contributed by atoms with Crippen molar-refractivity contribution in [3.63, 3.8) is 0 Å². The fourth-order valence-corrected chi connectivity index (χ4v) is 1.12. The quantitative estimate of drug-likeness (QED) is 0.615. The van der Waals surface area contributed by atoms with Crippen LogP contribution < -0.4 is 0 Å². The van der Waals surface area contributed by atoms with Crippen LogP contribution in [0.25, 0.3) is 0 Å². The van der Waals surface area contributed by atoms with E-state index in [4.69, 9.17) is 14.0 Å². The third kappa shape index (κ3) is 2.27. The summed E-state index contributed by atoms with van der Waals surface area (Å²) in [6.45, 7) is 10.7. The van der Waals surface area contributed by atoms with Crippen LogP contribution in [-0.4, -0.2) is 32.2 Å². The summed E-state index contributed by atoms with van der Waals surface area (Å²) in [4.78, 5) is 0. The summed E-state index contributed by atoms with van der Waals surface area (Å²) in [5.74, 6) is 0. The maximum absolute atomic E-state index is 5.66. The minimum Gasteiger partial charge on any atom is -0.443 e. The van der Waals surface area contributed by atoms with Gasteiger partial charge in [-0.1, -0.05) is 0 Å². The van der Waals surface area contributed by atoms with Gasteiger partial charge in [0.2, 0.25) is 0 Å². The molecule has 13 heavy (non-hydrogen) atoms. The fourth-order valence-electron chi connectivity index (χ4n) is 1.12. The van der Waals surface area contributed by atoms with Crippen LogP contribution in [-0.2, 0) is 14.0 Å². The second-order valence-corrected chi connectivity index (χ2v) is 4.22. The molecule has 0 atom stereocenters. The van der Waals surface area contributed by atoms with Gasteiger partial charge in [0, 0.05) is 6.61 Å². The Balaban J connectivity index is 2.50. The first-order valence-electron chi connectivity index (χ1n) is 4.69. The molecule has 1 aliphatic rings. The molecule has 0 amide bonds. The van der Waals surface area contributed by atoms with Crippen LogP contribution in [0.5, 0.6) is 0 Å². The van der Waals surface area contributed by atoms with E-state index in [0.717, 1.165) is 0 Å². The smallest absolute Gasteiger partial charge is 0.439 e. The molecule has 0 aromatic rings. The monoisotopic (exact) mass is 183 g/mol. The molecule has 1 saturated heterocycles. The molecule has 3 nitrogen and oxygen atoms in total. The average Bonchev–Trinajstić information content (AvgIpc) is 2.17. The Morgan fingerprint density at radius 2 is 1.62 bits per heavy atom. The number of hydrogen-bond donors (Lipinski definition) is 0. The second kappa shape index (κ2) is 3.64. The van der Waals surface area contributed by atoms with Gasteiger partial charge in [-0.15, -0.1) is 0 Å². The van der Waals surface area contributed by atoms with Crippen LogP contribution in [0.2, 0.25) is 0 Å². The maximum atomic E-state index is 5.66. The lowest BCUT2D eigenvalue weighted by molar-refractivity contribution is 0.00578. The second-order valence-electron chi connectivity index (χ2n) is 4.22. The molecule has 0 N–H and O–H groups in total. The molecule has 0 aromatic heterocycles. The van der Waals surface area contributed by atoms with E-state index < -0.39 is 0 Å². The molecular formula is C8H17B2O3. The summed E-state index contributed by atoms with van der Waals surface area (Å²) >= 11 is 0. The third-order valence-corrected chi connectivity index (χ3v) is 2.65. The van der Waals surface area contributed by atoms with Gasteiger partial charge in [-0.2, -0.15) is 0 Å². The van der Waals surface area contributed by atoms with E-state index in [1.165, 1.54) is 0 Å². The van der Waals surface area contributed by atoms with E-state index in [0.29, 0.717) is 6.61 Å². The molecule has 1 fully saturated rings. The summed E-state index contributed by atoms with van der Waals surface area (Å²) < 4.78 is 16.5. The van der Waals surface area contributed by atoms with Crippen LogP contribution in [0.4, 0.5) is 0 Å². The van der Waals surface area contributed by atoms with Crippen molar-refractivity contribution in [1.82, 2.24) is 0 Å². The van der Waals surface area contributed by atoms with Gasteiger partial charge in [-0.3, -0.25) is 0 Å². The topological polar surface area (TPSA) is 27.7 Å². The van der Waals surface area contributed by atoms with E-state index in [9.17, 15) is 0 Å². The molecule has 1 aliphatic heterocycles. The highest BCUT2D eigenvalue weighted by Crippen LogP contribution is 2.36. The van der Waals surface area contributed by atoms with Crippen molar-refractivity contribution in [3.05, 3.63) is 0 Å². The van der Waals surface area contributed by atoms with Crippen LogP contribution in [0.3, 0.4) is 0 Å².